The molecule has 1 rings (SSSR count). The lowest BCUT2D eigenvalue weighted by atomic mass is 10.2. The quantitative estimate of drug-likeness (QED) is 0.814. The van der Waals surface area contributed by atoms with Crippen molar-refractivity contribution in [1.82, 2.24) is 4.98 Å². The first-order chi connectivity index (χ1) is 8.37. The van der Waals surface area contributed by atoms with Gasteiger partial charge in [0.05, 0.1) is 12.8 Å². The maximum Gasteiger partial charge on any atom is 0.441 e. The number of hydrogen-bond acceptors (Lipinski definition) is 4. The van der Waals surface area contributed by atoms with Crippen molar-refractivity contribution in [3.8, 4) is 5.75 Å². The highest BCUT2D eigenvalue weighted by atomic mass is 32.2. The van der Waals surface area contributed by atoms with Gasteiger partial charge >= 0.3 is 5.51 Å². The van der Waals surface area contributed by atoms with Crippen molar-refractivity contribution in [1.29, 1.82) is 0 Å². The van der Waals surface area contributed by atoms with E-state index in [0.29, 0.717) is 12.2 Å². The Kier molecular flexibility index (Phi) is 5.74. The molecule has 0 radical (unpaired) electrons. The summed E-state index contributed by atoms with van der Waals surface area (Å²) in [4.78, 5) is 4.11. The zero-order valence-electron chi connectivity index (χ0n) is 9.91. The van der Waals surface area contributed by atoms with Crippen LogP contribution in [-0.2, 0) is 6.42 Å². The molecule has 0 fully saturated rings. The van der Waals surface area contributed by atoms with Gasteiger partial charge in [-0.15, -0.1) is 0 Å². The van der Waals surface area contributed by atoms with Gasteiger partial charge in [0.15, 0.2) is 0 Å². The van der Waals surface area contributed by atoms with E-state index in [0.717, 1.165) is 5.69 Å². The molecule has 7 heteroatoms. The zero-order chi connectivity index (χ0) is 13.6. The third kappa shape index (κ3) is 6.70. The molecule has 3 nitrogen and oxygen atoms in total. The Bertz CT molecular complexity index is 354. The van der Waals surface area contributed by atoms with Gasteiger partial charge in [-0.05, 0) is 30.8 Å². The first-order valence-corrected chi connectivity index (χ1v) is 6.39. The summed E-state index contributed by atoms with van der Waals surface area (Å²) in [5, 5.41) is 0. The van der Waals surface area contributed by atoms with Gasteiger partial charge in [-0.1, -0.05) is 0 Å². The Hall–Kier alpha value is -0.950. The van der Waals surface area contributed by atoms with E-state index in [4.69, 9.17) is 10.5 Å². The van der Waals surface area contributed by atoms with Gasteiger partial charge in [0, 0.05) is 23.9 Å². The van der Waals surface area contributed by atoms with E-state index >= 15 is 0 Å². The van der Waals surface area contributed by atoms with E-state index in [1.165, 1.54) is 6.20 Å². The van der Waals surface area contributed by atoms with Crippen LogP contribution in [0.1, 0.15) is 12.6 Å². The van der Waals surface area contributed by atoms with Crippen molar-refractivity contribution < 1.29 is 17.9 Å². The minimum absolute atomic E-state index is 0.00149. The highest BCUT2D eigenvalue weighted by Gasteiger charge is 2.27. The fraction of sp³-hybridized carbons (Fsp3) is 0.545. The first kappa shape index (κ1) is 15.1. The SMILES string of the molecule is CC(N)Cc1ccc(OCCSC(F)(F)F)cn1. The van der Waals surface area contributed by atoms with Crippen LogP contribution in [0, 0.1) is 0 Å². The van der Waals surface area contributed by atoms with Gasteiger partial charge in [0.1, 0.15) is 5.75 Å². The van der Waals surface area contributed by atoms with Crippen molar-refractivity contribution in [3.63, 3.8) is 0 Å². The van der Waals surface area contributed by atoms with E-state index in [-0.39, 0.29) is 30.2 Å². The van der Waals surface area contributed by atoms with Crippen LogP contribution in [0.2, 0.25) is 0 Å². The summed E-state index contributed by atoms with van der Waals surface area (Å²) in [6.45, 7) is 1.87. The van der Waals surface area contributed by atoms with Crippen LogP contribution in [0.5, 0.6) is 5.75 Å². The number of nitrogens with two attached hydrogens (primary N) is 1. The Balaban J connectivity index is 2.31. The summed E-state index contributed by atoms with van der Waals surface area (Å²) in [7, 11) is 0. The molecule has 0 saturated heterocycles. The van der Waals surface area contributed by atoms with Crippen LogP contribution in [0.25, 0.3) is 0 Å². The maximum atomic E-state index is 11.8. The summed E-state index contributed by atoms with van der Waals surface area (Å²) in [5.74, 6) is 0.330. The summed E-state index contributed by atoms with van der Waals surface area (Å²) in [5.41, 5.74) is 2.25. The smallest absolute Gasteiger partial charge is 0.441 e. The van der Waals surface area contributed by atoms with E-state index in [2.05, 4.69) is 4.98 Å². The molecule has 1 aromatic heterocycles. The summed E-state index contributed by atoms with van der Waals surface area (Å²) < 4.78 is 40.7. The number of halogens is 3. The van der Waals surface area contributed by atoms with Crippen LogP contribution >= 0.6 is 11.8 Å². The van der Waals surface area contributed by atoms with Gasteiger partial charge in [0.25, 0.3) is 0 Å². The molecule has 18 heavy (non-hydrogen) atoms. The summed E-state index contributed by atoms with van der Waals surface area (Å²) in [6.07, 6.45) is 2.15. The third-order valence-electron chi connectivity index (χ3n) is 1.95. The molecule has 1 unspecified atom stereocenters. The second-order valence-corrected chi connectivity index (χ2v) is 4.97. The number of pyridine rings is 1. The first-order valence-electron chi connectivity index (χ1n) is 5.41. The van der Waals surface area contributed by atoms with Crippen LogP contribution in [0.15, 0.2) is 18.3 Å². The van der Waals surface area contributed by atoms with Gasteiger partial charge < -0.3 is 10.5 Å². The lowest BCUT2D eigenvalue weighted by molar-refractivity contribution is -0.0329. The lowest BCUT2D eigenvalue weighted by Gasteiger charge is -2.08. The molecule has 0 spiro atoms. The van der Waals surface area contributed by atoms with E-state index < -0.39 is 5.51 Å². The zero-order valence-corrected chi connectivity index (χ0v) is 10.7. The molecule has 1 heterocycles. The molecule has 0 saturated carbocycles. The average molecular weight is 280 g/mol. The molecule has 1 aromatic rings. The van der Waals surface area contributed by atoms with E-state index in [9.17, 15) is 13.2 Å². The molecule has 0 aromatic carbocycles. The Morgan fingerprint density at radius 1 is 1.44 bits per heavy atom. The second-order valence-electron chi connectivity index (χ2n) is 3.81. The molecular weight excluding hydrogens is 265 g/mol. The molecule has 0 amide bonds. The molecule has 0 bridgehead atoms. The molecule has 0 aliphatic carbocycles. The van der Waals surface area contributed by atoms with Crippen LogP contribution < -0.4 is 10.5 Å². The number of aromatic nitrogens is 1. The second kappa shape index (κ2) is 6.84. The number of ether oxygens (including phenoxy) is 1. The van der Waals surface area contributed by atoms with Crippen LogP contribution in [0.4, 0.5) is 13.2 Å². The maximum absolute atomic E-state index is 11.8. The number of hydrogen-bond donors (Lipinski definition) is 1. The van der Waals surface area contributed by atoms with Gasteiger partial charge in [-0.2, -0.15) is 13.2 Å². The van der Waals surface area contributed by atoms with Gasteiger partial charge in [0.2, 0.25) is 0 Å². The Morgan fingerprint density at radius 2 is 2.17 bits per heavy atom. The van der Waals surface area contributed by atoms with Crippen molar-refractivity contribution in [2.24, 2.45) is 5.73 Å². The van der Waals surface area contributed by atoms with Crippen molar-refractivity contribution in [2.75, 3.05) is 12.4 Å². The molecule has 2 N–H and O–H groups in total. The molecule has 0 aliphatic rings. The summed E-state index contributed by atoms with van der Waals surface area (Å²) in [6, 6.07) is 3.46. The highest BCUT2D eigenvalue weighted by molar-refractivity contribution is 8.00. The summed E-state index contributed by atoms with van der Waals surface area (Å²) >= 11 is -0.0976. The molecule has 0 aliphatic heterocycles. The number of alkyl halides is 3. The lowest BCUT2D eigenvalue weighted by Crippen LogP contribution is -2.18. The monoisotopic (exact) mass is 280 g/mol. The predicted octanol–water partition coefficient (Wildman–Crippen LogP) is 2.60. The minimum atomic E-state index is -4.21. The largest absolute Gasteiger partial charge is 0.491 e. The normalized spacial score (nSPS) is 13.4. The number of nitrogens with zero attached hydrogens (tertiary/aromatic N) is 1. The van der Waals surface area contributed by atoms with E-state index in [1.54, 1.807) is 12.1 Å². The average Bonchev–Trinajstić information content (AvgIpc) is 2.24. The van der Waals surface area contributed by atoms with Crippen molar-refractivity contribution in [3.05, 3.63) is 24.0 Å². The number of thioether (sulfide) groups is 1. The topological polar surface area (TPSA) is 48.1 Å². The fourth-order valence-electron chi connectivity index (χ4n) is 1.26. The molecule has 1 atom stereocenters. The van der Waals surface area contributed by atoms with E-state index in [1.807, 2.05) is 6.92 Å². The molecular formula is C11H15F3N2OS. The predicted molar refractivity (Wildman–Crippen MR) is 65.6 cm³/mol. The third-order valence-corrected chi connectivity index (χ3v) is 2.64. The van der Waals surface area contributed by atoms with Crippen molar-refractivity contribution >= 4 is 11.8 Å². The fourth-order valence-corrected chi connectivity index (χ4v) is 1.66. The Morgan fingerprint density at radius 3 is 2.67 bits per heavy atom. The van der Waals surface area contributed by atoms with Gasteiger partial charge in [-0.3, -0.25) is 4.98 Å². The highest BCUT2D eigenvalue weighted by Crippen LogP contribution is 2.29. The van der Waals surface area contributed by atoms with Gasteiger partial charge in [-0.25, -0.2) is 0 Å². The standard InChI is InChI=1S/C11H15F3N2OS/c1-8(15)6-9-2-3-10(7-16-9)17-4-5-18-11(12,13)14/h2-3,7-8H,4-6,15H2,1H3. The Labute approximate surface area is 108 Å². The minimum Gasteiger partial charge on any atom is -0.491 e. The molecule has 102 valence electrons. The van der Waals surface area contributed by atoms with Crippen LogP contribution in [0.3, 0.4) is 0 Å². The van der Waals surface area contributed by atoms with Crippen molar-refractivity contribution in [2.45, 2.75) is 24.9 Å². The number of rotatable bonds is 6. The van der Waals surface area contributed by atoms with Crippen LogP contribution in [-0.4, -0.2) is 28.9 Å².